The first-order valence-electron chi connectivity index (χ1n) is 13.1. The van der Waals surface area contributed by atoms with E-state index in [9.17, 15) is 4.79 Å². The van der Waals surface area contributed by atoms with Gasteiger partial charge in [-0.25, -0.2) is 4.79 Å². The molecule has 0 saturated carbocycles. The monoisotopic (exact) mass is 483 g/mol. The number of esters is 1. The van der Waals surface area contributed by atoms with E-state index < -0.39 is 0 Å². The number of benzene rings is 1. The van der Waals surface area contributed by atoms with Crippen LogP contribution in [0.5, 0.6) is 5.75 Å². The Hall–Kier alpha value is -1.26. The molecule has 0 bridgehead atoms. The maximum Gasteiger partial charge on any atom is 0.364 e. The van der Waals surface area contributed by atoms with Crippen molar-refractivity contribution in [3.8, 4) is 5.75 Å². The molecule has 0 aliphatic carbocycles. The van der Waals surface area contributed by atoms with E-state index in [-0.39, 0.29) is 24.4 Å². The van der Waals surface area contributed by atoms with E-state index in [4.69, 9.17) is 9.47 Å². The van der Waals surface area contributed by atoms with Crippen LogP contribution in [0.25, 0.3) is 0 Å². The zero-order chi connectivity index (χ0) is 23.7. The van der Waals surface area contributed by atoms with E-state index in [1.54, 1.807) is 7.11 Å². The Bertz CT molecular complexity index is 604. The first-order valence-corrected chi connectivity index (χ1v) is 13.1. The molecule has 0 aliphatic rings. The van der Waals surface area contributed by atoms with E-state index in [0.717, 1.165) is 25.1 Å². The standard InChI is InChI=1S/C28H50NO3.ClH/c1-6-8-9-10-11-12-13-14-15-16-17-18-19-27(28(30)32-7-2)29(3,4)24-25-20-22-26(31-5)23-21-25;/h20-23,27H,6-19,24H2,1-5H3;1H/q+1;/p-1. The highest BCUT2D eigenvalue weighted by atomic mass is 35.5. The Morgan fingerprint density at radius 2 is 1.30 bits per heavy atom. The summed E-state index contributed by atoms with van der Waals surface area (Å²) in [6, 6.07) is 8.02. The number of ether oxygens (including phenoxy) is 2. The second-order valence-corrected chi connectivity index (χ2v) is 9.73. The number of carbonyl (C=O) groups excluding carboxylic acids is 1. The van der Waals surface area contributed by atoms with E-state index in [1.165, 1.54) is 76.2 Å². The molecule has 0 heterocycles. The highest BCUT2D eigenvalue weighted by molar-refractivity contribution is 5.74. The number of rotatable bonds is 19. The van der Waals surface area contributed by atoms with Crippen molar-refractivity contribution in [2.24, 2.45) is 0 Å². The predicted molar refractivity (Wildman–Crippen MR) is 135 cm³/mol. The Morgan fingerprint density at radius 3 is 1.76 bits per heavy atom. The largest absolute Gasteiger partial charge is 1.00 e. The molecule has 33 heavy (non-hydrogen) atoms. The van der Waals surface area contributed by atoms with Crippen molar-refractivity contribution in [2.75, 3.05) is 27.8 Å². The maximum absolute atomic E-state index is 12.8. The van der Waals surface area contributed by atoms with Crippen LogP contribution in [0.2, 0.25) is 0 Å². The molecule has 1 atom stereocenters. The van der Waals surface area contributed by atoms with Crippen LogP contribution in [0.1, 0.15) is 103 Å². The second kappa shape index (κ2) is 19.1. The normalized spacial score (nSPS) is 12.2. The molecule has 1 unspecified atom stereocenters. The molecule has 0 aliphatic heterocycles. The highest BCUT2D eigenvalue weighted by Gasteiger charge is 2.35. The molecule has 192 valence electrons. The average molecular weight is 484 g/mol. The molecule has 1 aromatic rings. The Kier molecular flexibility index (Phi) is 18.4. The van der Waals surface area contributed by atoms with Gasteiger partial charge in [-0.3, -0.25) is 0 Å². The molecule has 5 heteroatoms. The number of nitrogens with zero attached hydrogens (tertiary/aromatic N) is 1. The van der Waals surface area contributed by atoms with E-state index >= 15 is 0 Å². The number of quaternary nitrogens is 1. The average Bonchev–Trinajstić information content (AvgIpc) is 2.77. The molecule has 0 amide bonds. The lowest BCUT2D eigenvalue weighted by atomic mass is 10.0. The summed E-state index contributed by atoms with van der Waals surface area (Å²) in [6.45, 7) is 5.40. The van der Waals surface area contributed by atoms with Gasteiger partial charge in [0, 0.05) is 12.0 Å². The van der Waals surface area contributed by atoms with Crippen molar-refractivity contribution in [2.45, 2.75) is 110 Å². The van der Waals surface area contributed by atoms with E-state index in [0.29, 0.717) is 11.1 Å². The lowest BCUT2D eigenvalue weighted by molar-refractivity contribution is -0.920. The van der Waals surface area contributed by atoms with Gasteiger partial charge >= 0.3 is 5.97 Å². The molecule has 1 rings (SSSR count). The molecule has 0 aromatic heterocycles. The summed E-state index contributed by atoms with van der Waals surface area (Å²) in [5.74, 6) is 0.798. The third-order valence-corrected chi connectivity index (χ3v) is 6.48. The van der Waals surface area contributed by atoms with Crippen LogP contribution < -0.4 is 17.1 Å². The fourth-order valence-electron chi connectivity index (χ4n) is 4.48. The lowest BCUT2D eigenvalue weighted by Gasteiger charge is -2.36. The van der Waals surface area contributed by atoms with Gasteiger partial charge in [0.2, 0.25) is 0 Å². The molecule has 0 N–H and O–H groups in total. The van der Waals surface area contributed by atoms with Crippen molar-refractivity contribution in [1.29, 1.82) is 0 Å². The minimum absolute atomic E-state index is 0. The van der Waals surface area contributed by atoms with Gasteiger partial charge in [0.15, 0.2) is 6.04 Å². The minimum atomic E-state index is -0.125. The second-order valence-electron chi connectivity index (χ2n) is 9.73. The topological polar surface area (TPSA) is 35.5 Å². The van der Waals surface area contributed by atoms with Crippen molar-refractivity contribution >= 4 is 5.97 Å². The summed E-state index contributed by atoms with van der Waals surface area (Å²) in [6.07, 6.45) is 16.8. The van der Waals surface area contributed by atoms with Crippen molar-refractivity contribution in [3.05, 3.63) is 29.8 Å². The predicted octanol–water partition coefficient (Wildman–Crippen LogP) is 4.30. The molecule has 0 radical (unpaired) electrons. The number of methoxy groups -OCH3 is 1. The molecular formula is C28H50ClNO3. The molecule has 0 spiro atoms. The van der Waals surface area contributed by atoms with Crippen molar-refractivity contribution in [3.63, 3.8) is 0 Å². The van der Waals surface area contributed by atoms with Crippen LogP contribution >= 0.6 is 0 Å². The zero-order valence-corrected chi connectivity index (χ0v) is 22.8. The van der Waals surface area contributed by atoms with Crippen LogP contribution in [0.4, 0.5) is 0 Å². The quantitative estimate of drug-likeness (QED) is 0.167. The highest BCUT2D eigenvalue weighted by Crippen LogP contribution is 2.22. The molecule has 0 fully saturated rings. The number of halogens is 1. The number of unbranched alkanes of at least 4 members (excludes halogenated alkanes) is 11. The molecule has 0 saturated heterocycles. The van der Waals surface area contributed by atoms with Gasteiger partial charge in [-0.1, -0.05) is 77.6 Å². The van der Waals surface area contributed by atoms with Crippen LogP contribution in [-0.2, 0) is 16.1 Å². The maximum atomic E-state index is 12.8. The van der Waals surface area contributed by atoms with Crippen LogP contribution in [0.3, 0.4) is 0 Å². The van der Waals surface area contributed by atoms with Crippen LogP contribution in [-0.4, -0.2) is 44.3 Å². The first kappa shape index (κ1) is 31.7. The zero-order valence-electron chi connectivity index (χ0n) is 22.0. The SMILES string of the molecule is CCCCCCCCCCCCCCC(C(=O)OCC)[N+](C)(C)Cc1ccc(OC)cc1.[Cl-]. The fraction of sp³-hybridized carbons (Fsp3) is 0.750. The summed E-state index contributed by atoms with van der Waals surface area (Å²) in [7, 11) is 5.97. The number of hydrogen-bond donors (Lipinski definition) is 0. The molecule has 4 nitrogen and oxygen atoms in total. The summed E-state index contributed by atoms with van der Waals surface area (Å²) in [5.41, 5.74) is 1.21. The van der Waals surface area contributed by atoms with Gasteiger partial charge in [-0.05, 0) is 37.6 Å². The Balaban J connectivity index is 0.0000102. The number of likely N-dealkylation sites (N-methyl/N-ethyl adjacent to an activating group) is 1. The first-order chi connectivity index (χ1) is 15.4. The molecular weight excluding hydrogens is 434 g/mol. The third-order valence-electron chi connectivity index (χ3n) is 6.48. The summed E-state index contributed by atoms with van der Waals surface area (Å²) >= 11 is 0. The van der Waals surface area contributed by atoms with Crippen LogP contribution in [0, 0.1) is 0 Å². The van der Waals surface area contributed by atoms with Gasteiger partial charge in [0.1, 0.15) is 12.3 Å². The van der Waals surface area contributed by atoms with E-state index in [2.05, 4.69) is 33.2 Å². The minimum Gasteiger partial charge on any atom is -1.00 e. The Labute approximate surface area is 210 Å². The summed E-state index contributed by atoms with van der Waals surface area (Å²) in [4.78, 5) is 12.8. The van der Waals surface area contributed by atoms with Crippen molar-refractivity contribution < 1.29 is 31.2 Å². The Morgan fingerprint density at radius 1 is 0.818 bits per heavy atom. The van der Waals surface area contributed by atoms with E-state index in [1.807, 2.05) is 19.1 Å². The lowest BCUT2D eigenvalue weighted by Crippen LogP contribution is -3.00. The van der Waals surface area contributed by atoms with Gasteiger partial charge in [-0.2, -0.15) is 0 Å². The van der Waals surface area contributed by atoms with Crippen molar-refractivity contribution in [1.82, 2.24) is 0 Å². The van der Waals surface area contributed by atoms with Gasteiger partial charge in [0.05, 0.1) is 27.8 Å². The van der Waals surface area contributed by atoms with Crippen LogP contribution in [0.15, 0.2) is 24.3 Å². The number of hydrogen-bond acceptors (Lipinski definition) is 3. The van der Waals surface area contributed by atoms with Gasteiger partial charge in [-0.15, -0.1) is 0 Å². The van der Waals surface area contributed by atoms with Gasteiger partial charge < -0.3 is 26.4 Å². The molecule has 1 aromatic carbocycles. The fourth-order valence-corrected chi connectivity index (χ4v) is 4.48. The summed E-state index contributed by atoms with van der Waals surface area (Å²) < 4.78 is 11.3. The van der Waals surface area contributed by atoms with Gasteiger partial charge in [0.25, 0.3) is 0 Å². The smallest absolute Gasteiger partial charge is 0.364 e. The number of carbonyl (C=O) groups is 1. The third kappa shape index (κ3) is 13.9. The summed E-state index contributed by atoms with van der Waals surface area (Å²) in [5, 5.41) is 0.